The lowest BCUT2D eigenvalue weighted by atomic mass is 10.2. The van der Waals surface area contributed by atoms with E-state index in [4.69, 9.17) is 0 Å². The molecule has 0 saturated carbocycles. The van der Waals surface area contributed by atoms with Crippen LogP contribution in [0, 0.1) is 0 Å². The van der Waals surface area contributed by atoms with Crippen LogP contribution in [-0.4, -0.2) is 17.6 Å². The van der Waals surface area contributed by atoms with E-state index >= 15 is 0 Å². The van der Waals surface area contributed by atoms with Gasteiger partial charge >= 0.3 is 0 Å². The van der Waals surface area contributed by atoms with Crippen LogP contribution in [0.5, 0.6) is 0 Å². The summed E-state index contributed by atoms with van der Waals surface area (Å²) in [7, 11) is 0. The van der Waals surface area contributed by atoms with Crippen LogP contribution in [0.15, 0.2) is 18.5 Å². The molecule has 0 radical (unpaired) electrons. The summed E-state index contributed by atoms with van der Waals surface area (Å²) in [4.78, 5) is 3.04. The number of hydrogen-bond donors (Lipinski definition) is 2. The molecular weight excluding hydrogens is 136 g/mol. The van der Waals surface area contributed by atoms with Crippen LogP contribution in [0.4, 0.5) is 0 Å². The summed E-state index contributed by atoms with van der Waals surface area (Å²) in [6.45, 7) is 5.39. The average molecular weight is 152 g/mol. The Hall–Kier alpha value is -0.760. The van der Waals surface area contributed by atoms with E-state index in [-0.39, 0.29) is 0 Å². The topological polar surface area (TPSA) is 27.8 Å². The molecule has 62 valence electrons. The summed E-state index contributed by atoms with van der Waals surface area (Å²) in [5.74, 6) is 0. The average Bonchev–Trinajstić information content (AvgIpc) is 2.39. The van der Waals surface area contributed by atoms with Gasteiger partial charge in [-0.3, -0.25) is 0 Å². The molecule has 0 saturated heterocycles. The lowest BCUT2D eigenvalue weighted by Gasteiger charge is -2.05. The normalized spacial score (nSPS) is 10.8. The maximum atomic E-state index is 3.37. The summed E-state index contributed by atoms with van der Waals surface area (Å²) < 4.78 is 0. The minimum atomic E-state index is 0.592. The van der Waals surface area contributed by atoms with Gasteiger partial charge in [0.05, 0.1) is 0 Å². The van der Waals surface area contributed by atoms with Gasteiger partial charge in [-0.1, -0.05) is 13.8 Å². The van der Waals surface area contributed by atoms with E-state index in [1.165, 1.54) is 5.56 Å². The molecule has 0 fully saturated rings. The summed E-state index contributed by atoms with van der Waals surface area (Å²) in [6.07, 6.45) is 5.12. The van der Waals surface area contributed by atoms with Crippen LogP contribution < -0.4 is 5.32 Å². The van der Waals surface area contributed by atoms with Crippen molar-refractivity contribution in [2.75, 3.05) is 6.54 Å². The number of aromatic amines is 1. The first kappa shape index (κ1) is 8.34. The third-order valence-electron chi connectivity index (χ3n) is 1.63. The Morgan fingerprint density at radius 2 is 2.36 bits per heavy atom. The number of aromatic nitrogens is 1. The van der Waals surface area contributed by atoms with Crippen molar-refractivity contribution < 1.29 is 0 Å². The van der Waals surface area contributed by atoms with E-state index in [1.54, 1.807) is 0 Å². The molecule has 0 atom stereocenters. The minimum absolute atomic E-state index is 0.592. The third kappa shape index (κ3) is 3.23. The molecule has 2 N–H and O–H groups in total. The third-order valence-corrected chi connectivity index (χ3v) is 1.63. The fourth-order valence-corrected chi connectivity index (χ4v) is 1.02. The Morgan fingerprint density at radius 3 is 2.91 bits per heavy atom. The summed E-state index contributed by atoms with van der Waals surface area (Å²) in [6, 6.07) is 2.70. The highest BCUT2D eigenvalue weighted by molar-refractivity contribution is 5.08. The monoisotopic (exact) mass is 152 g/mol. The van der Waals surface area contributed by atoms with Crippen molar-refractivity contribution in [2.45, 2.75) is 26.3 Å². The second-order valence-corrected chi connectivity index (χ2v) is 3.08. The van der Waals surface area contributed by atoms with Crippen LogP contribution in [0.3, 0.4) is 0 Å². The SMILES string of the molecule is CC(C)NCCc1cc[nH]c1. The Labute approximate surface area is 68.0 Å². The molecular formula is C9H16N2. The van der Waals surface area contributed by atoms with Gasteiger partial charge in [0, 0.05) is 18.4 Å². The number of nitrogens with one attached hydrogen (secondary N) is 2. The van der Waals surface area contributed by atoms with E-state index in [0.717, 1.165) is 13.0 Å². The van der Waals surface area contributed by atoms with Crippen molar-refractivity contribution in [3.05, 3.63) is 24.0 Å². The first-order chi connectivity index (χ1) is 5.29. The van der Waals surface area contributed by atoms with Crippen molar-refractivity contribution in [3.8, 4) is 0 Å². The van der Waals surface area contributed by atoms with Crippen molar-refractivity contribution in [2.24, 2.45) is 0 Å². The molecule has 0 unspecified atom stereocenters. The fraction of sp³-hybridized carbons (Fsp3) is 0.556. The van der Waals surface area contributed by atoms with Crippen molar-refractivity contribution >= 4 is 0 Å². The van der Waals surface area contributed by atoms with Crippen LogP contribution >= 0.6 is 0 Å². The molecule has 2 nitrogen and oxygen atoms in total. The van der Waals surface area contributed by atoms with E-state index in [2.05, 4.69) is 30.2 Å². The molecule has 1 aromatic rings. The maximum absolute atomic E-state index is 3.37. The number of H-pyrrole nitrogens is 1. The molecule has 0 aliphatic heterocycles. The molecule has 2 heteroatoms. The predicted octanol–water partition coefficient (Wildman–Crippen LogP) is 1.56. The number of hydrogen-bond acceptors (Lipinski definition) is 1. The van der Waals surface area contributed by atoms with Gasteiger partial charge in [-0.25, -0.2) is 0 Å². The smallest absolute Gasteiger partial charge is 0.00378 e. The first-order valence-electron chi connectivity index (χ1n) is 4.14. The van der Waals surface area contributed by atoms with Crippen LogP contribution in [0.2, 0.25) is 0 Å². The predicted molar refractivity (Wildman–Crippen MR) is 47.6 cm³/mol. The van der Waals surface area contributed by atoms with Gasteiger partial charge in [-0.15, -0.1) is 0 Å². The minimum Gasteiger partial charge on any atom is -0.367 e. The van der Waals surface area contributed by atoms with Crippen molar-refractivity contribution in [3.63, 3.8) is 0 Å². The zero-order chi connectivity index (χ0) is 8.10. The zero-order valence-electron chi connectivity index (χ0n) is 7.22. The van der Waals surface area contributed by atoms with Gasteiger partial charge in [0.1, 0.15) is 0 Å². The fourth-order valence-electron chi connectivity index (χ4n) is 1.02. The summed E-state index contributed by atoms with van der Waals surface area (Å²) >= 11 is 0. The molecule has 1 aromatic heterocycles. The standard InChI is InChI=1S/C9H16N2/c1-8(2)11-6-4-9-3-5-10-7-9/h3,5,7-8,10-11H,4,6H2,1-2H3. The Kier molecular flexibility index (Phi) is 3.17. The highest BCUT2D eigenvalue weighted by Gasteiger charge is 1.93. The van der Waals surface area contributed by atoms with Crippen LogP contribution in [-0.2, 0) is 6.42 Å². The molecule has 0 aliphatic rings. The molecule has 1 rings (SSSR count). The Morgan fingerprint density at radius 1 is 1.55 bits per heavy atom. The van der Waals surface area contributed by atoms with Gasteiger partial charge < -0.3 is 10.3 Å². The molecule has 0 amide bonds. The van der Waals surface area contributed by atoms with E-state index in [1.807, 2.05) is 12.4 Å². The molecule has 1 heterocycles. The molecule has 0 spiro atoms. The molecule has 0 aliphatic carbocycles. The van der Waals surface area contributed by atoms with Crippen molar-refractivity contribution in [1.82, 2.24) is 10.3 Å². The van der Waals surface area contributed by atoms with E-state index in [0.29, 0.717) is 6.04 Å². The lowest BCUT2D eigenvalue weighted by Crippen LogP contribution is -2.24. The summed E-state index contributed by atoms with van der Waals surface area (Å²) in [5.41, 5.74) is 1.37. The van der Waals surface area contributed by atoms with Gasteiger partial charge in [0.2, 0.25) is 0 Å². The molecule has 0 aromatic carbocycles. The Bertz CT molecular complexity index is 177. The van der Waals surface area contributed by atoms with Crippen LogP contribution in [0.1, 0.15) is 19.4 Å². The number of rotatable bonds is 4. The second kappa shape index (κ2) is 4.19. The zero-order valence-corrected chi connectivity index (χ0v) is 7.22. The maximum Gasteiger partial charge on any atom is 0.00378 e. The van der Waals surface area contributed by atoms with Gasteiger partial charge in [-0.05, 0) is 24.6 Å². The Balaban J connectivity index is 2.14. The molecule has 0 bridgehead atoms. The first-order valence-corrected chi connectivity index (χ1v) is 4.14. The largest absolute Gasteiger partial charge is 0.367 e. The summed E-state index contributed by atoms with van der Waals surface area (Å²) in [5, 5.41) is 3.37. The highest BCUT2D eigenvalue weighted by atomic mass is 14.9. The highest BCUT2D eigenvalue weighted by Crippen LogP contribution is 1.96. The van der Waals surface area contributed by atoms with Gasteiger partial charge in [-0.2, -0.15) is 0 Å². The second-order valence-electron chi connectivity index (χ2n) is 3.08. The van der Waals surface area contributed by atoms with E-state index < -0.39 is 0 Å². The quantitative estimate of drug-likeness (QED) is 0.673. The lowest BCUT2D eigenvalue weighted by molar-refractivity contribution is 0.590. The van der Waals surface area contributed by atoms with Gasteiger partial charge in [0.25, 0.3) is 0 Å². The molecule has 11 heavy (non-hydrogen) atoms. The van der Waals surface area contributed by atoms with E-state index in [9.17, 15) is 0 Å². The van der Waals surface area contributed by atoms with Crippen LogP contribution in [0.25, 0.3) is 0 Å². The van der Waals surface area contributed by atoms with Crippen molar-refractivity contribution in [1.29, 1.82) is 0 Å². The van der Waals surface area contributed by atoms with Gasteiger partial charge in [0.15, 0.2) is 0 Å².